The number of methoxy groups -OCH3 is 2. The Labute approximate surface area is 180 Å². The fraction of sp³-hybridized carbons (Fsp3) is 0.500. The number of aromatic nitrogens is 4. The molecular formula is C22H27FN6O2. The van der Waals surface area contributed by atoms with Crippen molar-refractivity contribution >= 4 is 11.5 Å². The largest absolute Gasteiger partial charge is 0.495 e. The molecule has 5 rings (SSSR count). The van der Waals surface area contributed by atoms with Crippen LogP contribution in [0.5, 0.6) is 5.75 Å². The van der Waals surface area contributed by atoms with Gasteiger partial charge in [0.05, 0.1) is 31.6 Å². The molecule has 0 amide bonds. The number of pyridine rings is 1. The molecule has 0 bridgehead atoms. The summed E-state index contributed by atoms with van der Waals surface area (Å²) in [5.74, 6) is 1.84. The molecule has 1 aliphatic carbocycles. The highest BCUT2D eigenvalue weighted by molar-refractivity contribution is 5.64. The van der Waals surface area contributed by atoms with Crippen molar-refractivity contribution in [2.45, 2.75) is 44.0 Å². The average Bonchev–Trinajstić information content (AvgIpc) is 3.55. The number of imidazole rings is 1. The fourth-order valence-electron chi connectivity index (χ4n) is 4.06. The summed E-state index contributed by atoms with van der Waals surface area (Å²) in [4.78, 5) is 9.33. The Kier molecular flexibility index (Phi) is 5.45. The fourth-order valence-corrected chi connectivity index (χ4v) is 4.06. The minimum Gasteiger partial charge on any atom is -0.495 e. The minimum atomic E-state index is -0.923. The lowest BCUT2D eigenvalue weighted by atomic mass is 10.1. The third-order valence-corrected chi connectivity index (χ3v) is 5.93. The van der Waals surface area contributed by atoms with E-state index >= 15 is 0 Å². The lowest BCUT2D eigenvalue weighted by molar-refractivity contribution is 0.184. The highest BCUT2D eigenvalue weighted by atomic mass is 19.1. The lowest BCUT2D eigenvalue weighted by Gasteiger charge is -2.28. The minimum absolute atomic E-state index is 0.335. The number of hydrogen-bond donors (Lipinski definition) is 2. The molecule has 164 valence electrons. The van der Waals surface area contributed by atoms with Gasteiger partial charge in [0.2, 0.25) is 0 Å². The number of alkyl halides is 1. The van der Waals surface area contributed by atoms with Crippen molar-refractivity contribution in [3.05, 3.63) is 35.7 Å². The zero-order chi connectivity index (χ0) is 21.4. The zero-order valence-corrected chi connectivity index (χ0v) is 17.8. The highest BCUT2D eigenvalue weighted by Crippen LogP contribution is 2.43. The van der Waals surface area contributed by atoms with Crippen LogP contribution in [-0.4, -0.2) is 59.1 Å². The molecule has 2 aliphatic rings. The molecule has 8 nitrogen and oxygen atoms in total. The van der Waals surface area contributed by atoms with Gasteiger partial charge in [0.15, 0.2) is 5.65 Å². The summed E-state index contributed by atoms with van der Waals surface area (Å²) < 4.78 is 27.1. The van der Waals surface area contributed by atoms with Gasteiger partial charge in [-0.25, -0.2) is 18.9 Å². The molecule has 4 heterocycles. The van der Waals surface area contributed by atoms with Gasteiger partial charge in [0.1, 0.15) is 29.1 Å². The van der Waals surface area contributed by atoms with Crippen LogP contribution in [0.1, 0.15) is 36.4 Å². The van der Waals surface area contributed by atoms with Crippen LogP contribution in [0, 0.1) is 0 Å². The quantitative estimate of drug-likeness (QED) is 0.601. The van der Waals surface area contributed by atoms with Gasteiger partial charge in [-0.3, -0.25) is 0 Å². The number of piperidine rings is 1. The smallest absolute Gasteiger partial charge is 0.157 e. The van der Waals surface area contributed by atoms with E-state index in [2.05, 4.69) is 15.6 Å². The number of ether oxygens (including phenoxy) is 2. The number of nitrogens with one attached hydrogen (secondary N) is 2. The molecule has 0 spiro atoms. The predicted octanol–water partition coefficient (Wildman–Crippen LogP) is 2.94. The van der Waals surface area contributed by atoms with Crippen LogP contribution in [0.2, 0.25) is 0 Å². The second-order valence-electron chi connectivity index (χ2n) is 8.18. The normalized spacial score (nSPS) is 21.4. The highest BCUT2D eigenvalue weighted by Gasteiger charge is 2.30. The molecular weight excluding hydrogens is 399 g/mol. The van der Waals surface area contributed by atoms with Crippen molar-refractivity contribution in [1.29, 1.82) is 0 Å². The molecule has 2 N–H and O–H groups in total. The number of rotatable bonds is 7. The molecule has 1 aliphatic heterocycles. The number of nitrogens with zero attached hydrogens (tertiary/aromatic N) is 4. The van der Waals surface area contributed by atoms with Crippen molar-refractivity contribution in [3.63, 3.8) is 0 Å². The van der Waals surface area contributed by atoms with Crippen LogP contribution >= 0.6 is 0 Å². The van der Waals surface area contributed by atoms with E-state index in [0.29, 0.717) is 49.2 Å². The SMILES string of the molecule is COCc1ccc(-c2cnc3cc(OC)c(C4CC4)nn23)nc1NC1CNCCC1F. The topological polar surface area (TPSA) is 85.6 Å². The van der Waals surface area contributed by atoms with Crippen molar-refractivity contribution in [2.75, 3.05) is 32.6 Å². The molecule has 2 unspecified atom stereocenters. The maximum absolute atomic E-state index is 14.4. The second kappa shape index (κ2) is 8.39. The summed E-state index contributed by atoms with van der Waals surface area (Å²) in [7, 11) is 3.30. The summed E-state index contributed by atoms with van der Waals surface area (Å²) in [5, 5.41) is 11.4. The maximum atomic E-state index is 14.4. The molecule has 0 aromatic carbocycles. The van der Waals surface area contributed by atoms with Gasteiger partial charge in [0, 0.05) is 31.2 Å². The van der Waals surface area contributed by atoms with E-state index in [0.717, 1.165) is 35.5 Å². The average molecular weight is 426 g/mol. The van der Waals surface area contributed by atoms with E-state index in [4.69, 9.17) is 19.6 Å². The molecule has 9 heteroatoms. The Hall–Kier alpha value is -2.78. The molecule has 1 saturated carbocycles. The molecule has 3 aromatic heterocycles. The van der Waals surface area contributed by atoms with Crippen LogP contribution in [0.4, 0.5) is 10.2 Å². The van der Waals surface area contributed by atoms with Gasteiger partial charge in [-0.1, -0.05) is 6.07 Å². The predicted molar refractivity (Wildman–Crippen MR) is 115 cm³/mol. The van der Waals surface area contributed by atoms with E-state index in [-0.39, 0.29) is 6.04 Å². The second-order valence-corrected chi connectivity index (χ2v) is 8.18. The van der Waals surface area contributed by atoms with Gasteiger partial charge in [-0.15, -0.1) is 0 Å². The Bertz CT molecular complexity index is 1080. The third kappa shape index (κ3) is 3.95. The lowest BCUT2D eigenvalue weighted by Crippen LogP contribution is -2.46. The monoisotopic (exact) mass is 426 g/mol. The van der Waals surface area contributed by atoms with Gasteiger partial charge >= 0.3 is 0 Å². The van der Waals surface area contributed by atoms with Crippen LogP contribution < -0.4 is 15.4 Å². The standard InChI is InChI=1S/C22H27FN6O2/c1-30-12-14-5-6-16(26-22(14)27-17-10-24-8-7-15(17)23)18-11-25-20-9-19(31-2)21(13-3-4-13)28-29(18)20/h5-6,9,11,13,15,17,24H,3-4,7-8,10,12H2,1-2H3,(H,26,27). The summed E-state index contributed by atoms with van der Waals surface area (Å²) >= 11 is 0. The van der Waals surface area contributed by atoms with Crippen LogP contribution in [-0.2, 0) is 11.3 Å². The van der Waals surface area contributed by atoms with Gasteiger partial charge < -0.3 is 20.1 Å². The van der Waals surface area contributed by atoms with Gasteiger partial charge in [-0.2, -0.15) is 5.10 Å². The van der Waals surface area contributed by atoms with Crippen molar-refractivity contribution in [1.82, 2.24) is 24.9 Å². The van der Waals surface area contributed by atoms with Crippen LogP contribution in [0.25, 0.3) is 17.0 Å². The summed E-state index contributed by atoms with van der Waals surface area (Å²) in [6.45, 7) is 1.64. The van der Waals surface area contributed by atoms with Crippen molar-refractivity contribution < 1.29 is 13.9 Å². The third-order valence-electron chi connectivity index (χ3n) is 5.93. The number of hydrogen-bond acceptors (Lipinski definition) is 7. The van der Waals surface area contributed by atoms with Gasteiger partial charge in [0.25, 0.3) is 0 Å². The summed E-state index contributed by atoms with van der Waals surface area (Å²) in [6, 6.07) is 5.47. The Morgan fingerprint density at radius 2 is 2.13 bits per heavy atom. The zero-order valence-electron chi connectivity index (χ0n) is 17.8. The van der Waals surface area contributed by atoms with Crippen LogP contribution in [0.3, 0.4) is 0 Å². The maximum Gasteiger partial charge on any atom is 0.157 e. The van der Waals surface area contributed by atoms with Gasteiger partial charge in [-0.05, 0) is 31.9 Å². The van der Waals surface area contributed by atoms with Crippen LogP contribution in [0.15, 0.2) is 24.4 Å². The summed E-state index contributed by atoms with van der Waals surface area (Å²) in [6.07, 6.45) is 3.57. The molecule has 31 heavy (non-hydrogen) atoms. The van der Waals surface area contributed by atoms with Crippen molar-refractivity contribution in [2.24, 2.45) is 0 Å². The summed E-state index contributed by atoms with van der Waals surface area (Å²) in [5.41, 5.74) is 4.04. The Morgan fingerprint density at radius 1 is 1.26 bits per heavy atom. The molecule has 2 fully saturated rings. The first-order valence-electron chi connectivity index (χ1n) is 10.7. The number of halogens is 1. The molecule has 3 aromatic rings. The Balaban J connectivity index is 1.54. The molecule has 0 radical (unpaired) electrons. The van der Waals surface area contributed by atoms with E-state index in [9.17, 15) is 4.39 Å². The first-order valence-corrected chi connectivity index (χ1v) is 10.7. The van der Waals surface area contributed by atoms with E-state index < -0.39 is 6.17 Å². The van der Waals surface area contributed by atoms with Crippen molar-refractivity contribution in [3.8, 4) is 17.1 Å². The first-order chi connectivity index (χ1) is 15.2. The first kappa shape index (κ1) is 20.1. The number of anilines is 1. The Morgan fingerprint density at radius 3 is 2.87 bits per heavy atom. The molecule has 2 atom stereocenters. The van der Waals surface area contributed by atoms with E-state index in [1.165, 1.54) is 0 Å². The molecule has 1 saturated heterocycles. The van der Waals surface area contributed by atoms with E-state index in [1.54, 1.807) is 20.4 Å². The van der Waals surface area contributed by atoms with E-state index in [1.807, 2.05) is 22.7 Å². The number of fused-ring (bicyclic) bond motifs is 1.